The number of hydrogen-bond acceptors (Lipinski definition) is 8. The number of ether oxygens (including phenoxy) is 3. The molecular weight excluding hydrogens is 480 g/mol. The molecule has 0 spiro atoms. The average molecular weight is 509 g/mol. The summed E-state index contributed by atoms with van der Waals surface area (Å²) in [6.07, 6.45) is -1.05. The lowest BCUT2D eigenvalue weighted by atomic mass is 10.2. The van der Waals surface area contributed by atoms with Crippen molar-refractivity contribution >= 4 is 23.4 Å². The molecule has 1 amide bonds. The van der Waals surface area contributed by atoms with Gasteiger partial charge in [0.25, 0.3) is 11.5 Å². The number of fused-ring (bicyclic) bond motifs is 1. The molecule has 2 aromatic carbocycles. The van der Waals surface area contributed by atoms with E-state index in [0.717, 1.165) is 10.5 Å². The third-order valence-electron chi connectivity index (χ3n) is 5.63. The topological polar surface area (TPSA) is 146 Å². The number of esters is 1. The van der Waals surface area contributed by atoms with Crippen molar-refractivity contribution in [2.24, 2.45) is 5.92 Å². The van der Waals surface area contributed by atoms with Gasteiger partial charge in [0.05, 0.1) is 6.54 Å². The number of carbonyl (C=O) groups excluding carboxylic acids is 2. The van der Waals surface area contributed by atoms with Crippen LogP contribution in [0.3, 0.4) is 0 Å². The van der Waals surface area contributed by atoms with Gasteiger partial charge < -0.3 is 24.8 Å². The molecule has 2 heterocycles. The van der Waals surface area contributed by atoms with Crippen molar-refractivity contribution in [3.63, 3.8) is 0 Å². The van der Waals surface area contributed by atoms with Crippen molar-refractivity contribution in [2.45, 2.75) is 26.5 Å². The number of H-pyrrole nitrogens is 1. The lowest BCUT2D eigenvalue weighted by molar-refractivity contribution is -0.157. The summed E-state index contributed by atoms with van der Waals surface area (Å²) in [7, 11) is 0. The molecule has 3 aromatic rings. The van der Waals surface area contributed by atoms with Crippen LogP contribution in [0.5, 0.6) is 11.5 Å². The fourth-order valence-electron chi connectivity index (χ4n) is 3.88. The molecule has 1 aliphatic heterocycles. The molecule has 0 unspecified atom stereocenters. The standard InChI is InChI=1S/C26H28N4O7/c1-16(2)12-29(21(31)15-36-25(33)20-14-35-18-10-6-7-11-19(18)37-20)22-23(27)30(26(34)28-24(22)32)13-17-8-4-3-5-9-17/h3-11,16,20H,12-15,27H2,1-2H3,(H,28,32,34)/t20-/m0/s1. The lowest BCUT2D eigenvalue weighted by Gasteiger charge is -2.27. The van der Waals surface area contributed by atoms with Crippen LogP contribution in [0, 0.1) is 5.92 Å². The van der Waals surface area contributed by atoms with E-state index in [2.05, 4.69) is 4.98 Å². The number of hydrogen-bond donors (Lipinski definition) is 2. The van der Waals surface area contributed by atoms with Gasteiger partial charge in [-0.05, 0) is 23.6 Å². The number of amides is 1. The molecule has 1 aromatic heterocycles. The Labute approximate surface area is 212 Å². The third-order valence-corrected chi connectivity index (χ3v) is 5.63. The van der Waals surface area contributed by atoms with Crippen molar-refractivity contribution in [2.75, 3.05) is 30.4 Å². The minimum Gasteiger partial charge on any atom is -0.485 e. The van der Waals surface area contributed by atoms with E-state index in [9.17, 15) is 19.2 Å². The zero-order chi connectivity index (χ0) is 26.5. The number of nitrogen functional groups attached to an aromatic ring is 1. The van der Waals surface area contributed by atoms with Gasteiger partial charge in [-0.1, -0.05) is 56.3 Å². The Bertz CT molecular complexity index is 1400. The van der Waals surface area contributed by atoms with Gasteiger partial charge in [0.2, 0.25) is 6.10 Å². The Morgan fingerprint density at radius 2 is 1.78 bits per heavy atom. The number of nitrogens with zero attached hydrogens (tertiary/aromatic N) is 2. The van der Waals surface area contributed by atoms with Crippen molar-refractivity contribution < 1.29 is 23.8 Å². The maximum Gasteiger partial charge on any atom is 0.351 e. The second kappa shape index (κ2) is 11.0. The number of rotatable bonds is 8. The smallest absolute Gasteiger partial charge is 0.351 e. The van der Waals surface area contributed by atoms with E-state index >= 15 is 0 Å². The fraction of sp³-hybridized carbons (Fsp3) is 0.308. The molecule has 0 saturated carbocycles. The lowest BCUT2D eigenvalue weighted by Crippen LogP contribution is -2.45. The monoisotopic (exact) mass is 508 g/mol. The maximum atomic E-state index is 13.2. The van der Waals surface area contributed by atoms with Crippen LogP contribution in [0.4, 0.5) is 11.5 Å². The van der Waals surface area contributed by atoms with Crippen LogP contribution in [0.2, 0.25) is 0 Å². The Kier molecular flexibility index (Phi) is 7.61. The third kappa shape index (κ3) is 5.83. The van der Waals surface area contributed by atoms with Gasteiger partial charge in [-0.2, -0.15) is 0 Å². The largest absolute Gasteiger partial charge is 0.485 e. The van der Waals surface area contributed by atoms with E-state index in [4.69, 9.17) is 19.9 Å². The highest BCUT2D eigenvalue weighted by Crippen LogP contribution is 2.31. The molecule has 0 bridgehead atoms. The predicted octanol–water partition coefficient (Wildman–Crippen LogP) is 1.54. The second-order valence-corrected chi connectivity index (χ2v) is 8.94. The molecule has 0 aliphatic carbocycles. The Balaban J connectivity index is 1.54. The van der Waals surface area contributed by atoms with E-state index in [0.29, 0.717) is 11.5 Å². The molecule has 0 radical (unpaired) electrons. The zero-order valence-corrected chi connectivity index (χ0v) is 20.5. The number of anilines is 2. The van der Waals surface area contributed by atoms with Crippen molar-refractivity contribution in [1.29, 1.82) is 0 Å². The Morgan fingerprint density at radius 1 is 1.11 bits per heavy atom. The Morgan fingerprint density at radius 3 is 2.49 bits per heavy atom. The van der Waals surface area contributed by atoms with Crippen LogP contribution >= 0.6 is 0 Å². The summed E-state index contributed by atoms with van der Waals surface area (Å²) in [6.45, 7) is 3.15. The van der Waals surface area contributed by atoms with Crippen LogP contribution in [-0.2, 0) is 20.9 Å². The number of carbonyl (C=O) groups is 2. The summed E-state index contributed by atoms with van der Waals surface area (Å²) in [5, 5.41) is 0. The summed E-state index contributed by atoms with van der Waals surface area (Å²) >= 11 is 0. The summed E-state index contributed by atoms with van der Waals surface area (Å²) in [5.41, 5.74) is 5.35. The van der Waals surface area contributed by atoms with Gasteiger partial charge in [-0.25, -0.2) is 9.59 Å². The normalized spacial score (nSPS) is 14.3. The number of para-hydroxylation sites is 2. The van der Waals surface area contributed by atoms with Crippen molar-refractivity contribution in [3.8, 4) is 11.5 Å². The van der Waals surface area contributed by atoms with Gasteiger partial charge in [0, 0.05) is 6.54 Å². The highest BCUT2D eigenvalue weighted by molar-refractivity contribution is 5.97. The van der Waals surface area contributed by atoms with Crippen LogP contribution in [-0.4, -0.2) is 47.3 Å². The van der Waals surface area contributed by atoms with Gasteiger partial charge in [0.15, 0.2) is 23.8 Å². The molecule has 11 heteroatoms. The molecule has 3 N–H and O–H groups in total. The number of nitrogens with one attached hydrogen (secondary N) is 1. The molecule has 0 fully saturated rings. The van der Waals surface area contributed by atoms with Gasteiger partial charge in [-0.15, -0.1) is 0 Å². The van der Waals surface area contributed by atoms with Gasteiger partial charge in [0.1, 0.15) is 12.4 Å². The van der Waals surface area contributed by atoms with E-state index in [-0.39, 0.29) is 37.1 Å². The first kappa shape index (κ1) is 25.5. The summed E-state index contributed by atoms with van der Waals surface area (Å²) in [4.78, 5) is 54.5. The van der Waals surface area contributed by atoms with E-state index in [1.807, 2.05) is 44.2 Å². The van der Waals surface area contributed by atoms with Crippen LogP contribution < -0.4 is 31.4 Å². The fourth-order valence-corrected chi connectivity index (χ4v) is 3.88. The van der Waals surface area contributed by atoms with E-state index < -0.39 is 35.8 Å². The number of benzene rings is 2. The molecule has 11 nitrogen and oxygen atoms in total. The number of aromatic amines is 1. The highest BCUT2D eigenvalue weighted by atomic mass is 16.6. The van der Waals surface area contributed by atoms with Gasteiger partial charge >= 0.3 is 11.7 Å². The first-order valence-corrected chi connectivity index (χ1v) is 11.8. The molecule has 194 valence electrons. The summed E-state index contributed by atoms with van der Waals surface area (Å²) in [5.74, 6) is -0.808. The SMILES string of the molecule is CC(C)CN(C(=O)COC(=O)[C@@H]1COc2ccccc2O1)c1c(N)n(Cc2ccccc2)c(=O)[nH]c1=O. The molecule has 37 heavy (non-hydrogen) atoms. The molecule has 0 saturated heterocycles. The zero-order valence-electron chi connectivity index (χ0n) is 20.5. The quantitative estimate of drug-likeness (QED) is 0.436. The van der Waals surface area contributed by atoms with E-state index in [1.54, 1.807) is 24.3 Å². The average Bonchev–Trinajstić information content (AvgIpc) is 2.89. The molecule has 4 rings (SSSR count). The van der Waals surface area contributed by atoms with Crippen molar-refractivity contribution in [3.05, 3.63) is 81.0 Å². The summed E-state index contributed by atoms with van der Waals surface area (Å²) in [6, 6.07) is 16.0. The summed E-state index contributed by atoms with van der Waals surface area (Å²) < 4.78 is 17.5. The highest BCUT2D eigenvalue weighted by Gasteiger charge is 2.31. The van der Waals surface area contributed by atoms with Crippen LogP contribution in [0.25, 0.3) is 0 Å². The van der Waals surface area contributed by atoms with Crippen molar-refractivity contribution in [1.82, 2.24) is 9.55 Å². The molecular formula is C26H28N4O7. The maximum absolute atomic E-state index is 13.2. The number of nitrogens with two attached hydrogens (primary N) is 1. The van der Waals surface area contributed by atoms with Crippen LogP contribution in [0.1, 0.15) is 19.4 Å². The first-order valence-electron chi connectivity index (χ1n) is 11.8. The van der Waals surface area contributed by atoms with Gasteiger partial charge in [-0.3, -0.25) is 19.1 Å². The Hall–Kier alpha value is -4.54. The van der Waals surface area contributed by atoms with Crippen LogP contribution in [0.15, 0.2) is 64.2 Å². The first-order chi connectivity index (χ1) is 17.7. The minimum atomic E-state index is -1.05. The second-order valence-electron chi connectivity index (χ2n) is 8.94. The number of aromatic nitrogens is 2. The minimum absolute atomic E-state index is 0.0699. The van der Waals surface area contributed by atoms with E-state index in [1.165, 1.54) is 4.57 Å². The molecule has 1 aliphatic rings. The molecule has 1 atom stereocenters. The predicted molar refractivity (Wildman–Crippen MR) is 136 cm³/mol.